The molecule has 0 atom stereocenters. The van der Waals surface area contributed by atoms with Gasteiger partial charge in [-0.1, -0.05) is 6.07 Å². The lowest BCUT2D eigenvalue weighted by atomic mass is 10.2. The maximum absolute atomic E-state index is 12.4. The van der Waals surface area contributed by atoms with Gasteiger partial charge >= 0.3 is 0 Å². The van der Waals surface area contributed by atoms with Crippen LogP contribution in [0.4, 0.5) is 5.69 Å². The van der Waals surface area contributed by atoms with Gasteiger partial charge in [0.15, 0.2) is 0 Å². The summed E-state index contributed by atoms with van der Waals surface area (Å²) in [6.45, 7) is 5.42. The van der Waals surface area contributed by atoms with Gasteiger partial charge in [0, 0.05) is 39.9 Å². The number of anilines is 1. The van der Waals surface area contributed by atoms with Crippen LogP contribution in [0.3, 0.4) is 0 Å². The monoisotopic (exact) mass is 346 g/mol. The molecular formula is C14H22N2O2S3. The summed E-state index contributed by atoms with van der Waals surface area (Å²) in [5, 5.41) is 0. The van der Waals surface area contributed by atoms with Gasteiger partial charge in [-0.15, -0.1) is 11.8 Å². The first-order chi connectivity index (χ1) is 9.78. The number of thioether (sulfide) groups is 2. The Morgan fingerprint density at radius 1 is 1.43 bits per heavy atom. The zero-order valence-electron chi connectivity index (χ0n) is 12.4. The fourth-order valence-electron chi connectivity index (χ4n) is 2.21. The zero-order chi connectivity index (χ0) is 15.5. The van der Waals surface area contributed by atoms with Crippen LogP contribution >= 0.6 is 23.5 Å². The van der Waals surface area contributed by atoms with Crippen LogP contribution in [0.1, 0.15) is 13.8 Å². The van der Waals surface area contributed by atoms with Crippen LogP contribution in [0, 0.1) is 0 Å². The van der Waals surface area contributed by atoms with Crippen molar-refractivity contribution in [3.63, 3.8) is 0 Å². The van der Waals surface area contributed by atoms with E-state index in [2.05, 4.69) is 13.8 Å². The number of hydrogen-bond donors (Lipinski definition) is 1. The minimum atomic E-state index is -3.17. The molecule has 1 heterocycles. The highest BCUT2D eigenvalue weighted by atomic mass is 32.2. The quantitative estimate of drug-likeness (QED) is 0.656. The molecule has 7 heteroatoms. The minimum absolute atomic E-state index is 0.00629. The van der Waals surface area contributed by atoms with E-state index < -0.39 is 10.0 Å². The lowest BCUT2D eigenvalue weighted by Crippen LogP contribution is -2.47. The molecule has 0 bridgehead atoms. The smallest absolute Gasteiger partial charge is 0.214 e. The third-order valence-electron chi connectivity index (χ3n) is 3.25. The topological polar surface area (TPSA) is 63.4 Å². The molecule has 1 aromatic rings. The van der Waals surface area contributed by atoms with E-state index in [0.717, 1.165) is 10.6 Å². The Morgan fingerprint density at radius 3 is 2.86 bits per heavy atom. The summed E-state index contributed by atoms with van der Waals surface area (Å²) in [7, 11) is -3.17. The van der Waals surface area contributed by atoms with E-state index in [4.69, 9.17) is 5.73 Å². The summed E-state index contributed by atoms with van der Waals surface area (Å²) in [5.74, 6) is 1.59. The van der Waals surface area contributed by atoms with E-state index in [1.807, 2.05) is 36.0 Å². The molecule has 0 unspecified atom stereocenters. The molecule has 2 N–H and O–H groups in total. The molecule has 0 amide bonds. The zero-order valence-corrected chi connectivity index (χ0v) is 14.9. The first-order valence-corrected chi connectivity index (χ1v) is 10.5. The van der Waals surface area contributed by atoms with Gasteiger partial charge in [-0.3, -0.25) is 0 Å². The van der Waals surface area contributed by atoms with Crippen LogP contribution < -0.4 is 5.73 Å². The van der Waals surface area contributed by atoms with Crippen molar-refractivity contribution in [2.75, 3.05) is 36.1 Å². The van der Waals surface area contributed by atoms with Crippen LogP contribution in [0.5, 0.6) is 0 Å². The fourth-order valence-corrected chi connectivity index (χ4v) is 6.47. The number of nitrogen functional groups attached to an aromatic ring is 1. The van der Waals surface area contributed by atoms with Crippen LogP contribution in [-0.2, 0) is 10.0 Å². The molecule has 0 aliphatic carbocycles. The van der Waals surface area contributed by atoms with Gasteiger partial charge < -0.3 is 5.73 Å². The number of sulfonamides is 1. The average molecular weight is 347 g/mol. The van der Waals surface area contributed by atoms with Gasteiger partial charge in [-0.05, 0) is 32.0 Å². The van der Waals surface area contributed by atoms with Crippen molar-refractivity contribution in [3.8, 4) is 0 Å². The molecule has 21 heavy (non-hydrogen) atoms. The summed E-state index contributed by atoms with van der Waals surface area (Å²) in [6, 6.07) is 7.54. The maximum Gasteiger partial charge on any atom is 0.214 e. The van der Waals surface area contributed by atoms with Crippen molar-refractivity contribution in [2.45, 2.75) is 23.5 Å². The number of nitrogens with two attached hydrogens (primary N) is 1. The SMILES string of the molecule is CC1(C)CN(S(=O)(=O)CCSc2cccc(N)c2)CCS1. The first kappa shape index (κ1) is 17.0. The van der Waals surface area contributed by atoms with Crippen molar-refractivity contribution in [1.82, 2.24) is 4.31 Å². The second-order valence-electron chi connectivity index (χ2n) is 5.68. The predicted octanol–water partition coefficient (Wildman–Crippen LogP) is 2.52. The van der Waals surface area contributed by atoms with Gasteiger partial charge in [0.1, 0.15) is 0 Å². The summed E-state index contributed by atoms with van der Waals surface area (Å²) in [5.41, 5.74) is 6.43. The van der Waals surface area contributed by atoms with Gasteiger partial charge in [-0.25, -0.2) is 8.42 Å². The number of rotatable bonds is 5. The molecule has 0 aromatic heterocycles. The van der Waals surface area contributed by atoms with Crippen molar-refractivity contribution in [2.24, 2.45) is 0 Å². The third kappa shape index (κ3) is 5.09. The number of nitrogens with zero attached hydrogens (tertiary/aromatic N) is 1. The minimum Gasteiger partial charge on any atom is -0.399 e. The molecular weight excluding hydrogens is 324 g/mol. The van der Waals surface area contributed by atoms with Crippen molar-refractivity contribution >= 4 is 39.2 Å². The van der Waals surface area contributed by atoms with E-state index >= 15 is 0 Å². The summed E-state index contributed by atoms with van der Waals surface area (Å²) in [6.07, 6.45) is 0. The maximum atomic E-state index is 12.4. The Morgan fingerprint density at radius 2 is 2.19 bits per heavy atom. The Hall–Kier alpha value is -0.370. The fraction of sp³-hybridized carbons (Fsp3) is 0.571. The third-order valence-corrected chi connectivity index (χ3v) is 7.62. The Kier molecular flexibility index (Phi) is 5.51. The molecule has 1 aromatic carbocycles. The lowest BCUT2D eigenvalue weighted by Gasteiger charge is -2.36. The van der Waals surface area contributed by atoms with Crippen LogP contribution in [0.2, 0.25) is 0 Å². The largest absolute Gasteiger partial charge is 0.399 e. The summed E-state index contributed by atoms with van der Waals surface area (Å²) < 4.78 is 26.5. The van der Waals surface area contributed by atoms with Gasteiger partial charge in [0.05, 0.1) is 5.75 Å². The standard InChI is InChI=1S/C14H22N2O2S3/c1-14(2)11-16(6-7-20-14)21(17,18)9-8-19-13-5-3-4-12(15)10-13/h3-5,10H,6-9,11,15H2,1-2H3. The van der Waals surface area contributed by atoms with Gasteiger partial charge in [0.2, 0.25) is 10.0 Å². The van der Waals surface area contributed by atoms with Gasteiger partial charge in [0.25, 0.3) is 0 Å². The number of hydrogen-bond acceptors (Lipinski definition) is 5. The normalized spacial score (nSPS) is 19.5. The lowest BCUT2D eigenvalue weighted by molar-refractivity contribution is 0.388. The van der Waals surface area contributed by atoms with Gasteiger partial charge in [-0.2, -0.15) is 16.1 Å². The van der Waals surface area contributed by atoms with E-state index in [9.17, 15) is 8.42 Å². The van der Waals surface area contributed by atoms with E-state index in [1.54, 1.807) is 4.31 Å². The molecule has 118 valence electrons. The van der Waals surface area contributed by atoms with Crippen molar-refractivity contribution in [3.05, 3.63) is 24.3 Å². The second-order valence-corrected chi connectivity index (χ2v) is 10.7. The molecule has 1 fully saturated rings. The molecule has 0 saturated carbocycles. The highest BCUT2D eigenvalue weighted by Gasteiger charge is 2.33. The average Bonchev–Trinajstić information content (AvgIpc) is 2.37. The Bertz CT molecular complexity index is 588. The Balaban J connectivity index is 1.89. The van der Waals surface area contributed by atoms with Crippen LogP contribution in [-0.4, -0.2) is 47.8 Å². The second kappa shape index (κ2) is 6.81. The predicted molar refractivity (Wildman–Crippen MR) is 93.5 cm³/mol. The highest BCUT2D eigenvalue weighted by molar-refractivity contribution is 8.01. The molecule has 2 rings (SSSR count). The molecule has 1 saturated heterocycles. The van der Waals surface area contributed by atoms with Crippen LogP contribution in [0.15, 0.2) is 29.2 Å². The number of benzene rings is 1. The van der Waals surface area contributed by atoms with E-state index in [0.29, 0.717) is 24.5 Å². The Labute approximate surface area is 135 Å². The van der Waals surface area contributed by atoms with E-state index in [-0.39, 0.29) is 10.5 Å². The molecule has 4 nitrogen and oxygen atoms in total. The van der Waals surface area contributed by atoms with E-state index in [1.165, 1.54) is 11.8 Å². The molecule has 0 spiro atoms. The molecule has 1 aliphatic heterocycles. The van der Waals surface area contributed by atoms with Crippen LogP contribution in [0.25, 0.3) is 0 Å². The summed E-state index contributed by atoms with van der Waals surface area (Å²) in [4.78, 5) is 1.01. The first-order valence-electron chi connectivity index (χ1n) is 6.89. The highest BCUT2D eigenvalue weighted by Crippen LogP contribution is 2.31. The molecule has 1 aliphatic rings. The summed E-state index contributed by atoms with van der Waals surface area (Å²) >= 11 is 3.37. The van der Waals surface area contributed by atoms with Crippen molar-refractivity contribution < 1.29 is 8.42 Å². The molecule has 0 radical (unpaired) electrons. The van der Waals surface area contributed by atoms with Crippen molar-refractivity contribution in [1.29, 1.82) is 0 Å².